The molecular weight excluding hydrogens is 297 g/mol. The average molecular weight is 313 g/mol. The van der Waals surface area contributed by atoms with Gasteiger partial charge in [0.15, 0.2) is 17.5 Å². The first-order valence-electron chi connectivity index (χ1n) is 6.78. The molecule has 0 fully saturated rings. The van der Waals surface area contributed by atoms with E-state index in [9.17, 15) is 14.3 Å². The van der Waals surface area contributed by atoms with Crippen LogP contribution < -0.4 is 11.5 Å². The van der Waals surface area contributed by atoms with Gasteiger partial charge in [-0.3, -0.25) is 4.79 Å². The highest BCUT2D eigenvalue weighted by molar-refractivity contribution is 6.04. The molecule has 0 heterocycles. The fourth-order valence-electron chi connectivity index (χ4n) is 2.06. The Kier molecular flexibility index (Phi) is 4.75. The third-order valence-corrected chi connectivity index (χ3v) is 3.16. The standard InChI is InChI=1S/C17H16FN3O2/c1-10(16(23)21-17(19)20)8-11-4-2-3-5-13(11)12-6-7-15(22)14(18)9-12/h2-9,22H,1H3,(H4,19,20,21,23). The highest BCUT2D eigenvalue weighted by atomic mass is 19.1. The van der Waals surface area contributed by atoms with Gasteiger partial charge in [0.2, 0.25) is 0 Å². The number of guanidine groups is 1. The van der Waals surface area contributed by atoms with E-state index in [1.807, 2.05) is 0 Å². The Bertz CT molecular complexity index is 809. The number of hydrogen-bond acceptors (Lipinski definition) is 2. The molecule has 5 nitrogen and oxygen atoms in total. The average Bonchev–Trinajstić information content (AvgIpc) is 2.50. The number of phenols is 1. The van der Waals surface area contributed by atoms with Crippen molar-refractivity contribution in [2.75, 3.05) is 0 Å². The predicted octanol–water partition coefficient (Wildman–Crippen LogP) is 2.40. The predicted molar refractivity (Wildman–Crippen MR) is 88.0 cm³/mol. The third kappa shape index (κ3) is 3.94. The molecule has 118 valence electrons. The van der Waals surface area contributed by atoms with Gasteiger partial charge in [0, 0.05) is 5.57 Å². The van der Waals surface area contributed by atoms with Crippen LogP contribution in [0.4, 0.5) is 4.39 Å². The molecule has 0 aliphatic heterocycles. The minimum Gasteiger partial charge on any atom is -0.505 e. The van der Waals surface area contributed by atoms with Gasteiger partial charge in [0.25, 0.3) is 5.91 Å². The molecule has 0 saturated heterocycles. The number of benzene rings is 2. The van der Waals surface area contributed by atoms with Gasteiger partial charge in [-0.25, -0.2) is 4.39 Å². The summed E-state index contributed by atoms with van der Waals surface area (Å²) in [7, 11) is 0. The van der Waals surface area contributed by atoms with Crippen LogP contribution >= 0.6 is 0 Å². The second-order valence-corrected chi connectivity index (χ2v) is 4.92. The zero-order valence-corrected chi connectivity index (χ0v) is 12.5. The molecule has 0 saturated carbocycles. The number of aromatic hydroxyl groups is 1. The van der Waals surface area contributed by atoms with Crippen molar-refractivity contribution < 1.29 is 14.3 Å². The number of carbonyl (C=O) groups excluding carboxylic acids is 1. The number of carbonyl (C=O) groups is 1. The van der Waals surface area contributed by atoms with Gasteiger partial charge < -0.3 is 16.6 Å². The molecule has 0 spiro atoms. The van der Waals surface area contributed by atoms with E-state index in [4.69, 9.17) is 11.5 Å². The summed E-state index contributed by atoms with van der Waals surface area (Å²) in [4.78, 5) is 15.3. The largest absolute Gasteiger partial charge is 0.505 e. The summed E-state index contributed by atoms with van der Waals surface area (Å²) < 4.78 is 13.6. The Hall–Kier alpha value is -3.15. The second-order valence-electron chi connectivity index (χ2n) is 4.92. The molecule has 0 atom stereocenters. The van der Waals surface area contributed by atoms with Gasteiger partial charge in [0.05, 0.1) is 0 Å². The quantitative estimate of drug-likeness (QED) is 0.460. The minimum atomic E-state index is -0.713. The first-order valence-corrected chi connectivity index (χ1v) is 6.78. The Morgan fingerprint density at radius 2 is 1.91 bits per heavy atom. The lowest BCUT2D eigenvalue weighted by Gasteiger charge is -2.08. The molecule has 0 aliphatic carbocycles. The Morgan fingerprint density at radius 1 is 1.22 bits per heavy atom. The summed E-state index contributed by atoms with van der Waals surface area (Å²) in [5.41, 5.74) is 12.7. The van der Waals surface area contributed by atoms with Crippen LogP contribution in [-0.4, -0.2) is 17.0 Å². The zero-order valence-electron chi connectivity index (χ0n) is 12.5. The Labute approximate surface area is 132 Å². The normalized spacial score (nSPS) is 11.1. The smallest absolute Gasteiger partial charge is 0.275 e. The van der Waals surface area contributed by atoms with Crippen molar-refractivity contribution >= 4 is 17.9 Å². The van der Waals surface area contributed by atoms with E-state index >= 15 is 0 Å². The first kappa shape index (κ1) is 16.2. The number of aliphatic imine (C=N–C) groups is 1. The van der Waals surface area contributed by atoms with Gasteiger partial charge in [-0.05, 0) is 41.8 Å². The highest BCUT2D eigenvalue weighted by Crippen LogP contribution is 2.28. The number of halogens is 1. The number of hydrogen-bond donors (Lipinski definition) is 3. The number of nitrogens with zero attached hydrogens (tertiary/aromatic N) is 1. The van der Waals surface area contributed by atoms with Crippen LogP contribution in [0.25, 0.3) is 17.2 Å². The minimum absolute atomic E-state index is 0.309. The maximum absolute atomic E-state index is 13.6. The number of phenolic OH excluding ortho intramolecular Hbond substituents is 1. The molecule has 0 unspecified atom stereocenters. The van der Waals surface area contributed by atoms with Gasteiger partial charge in [-0.2, -0.15) is 4.99 Å². The van der Waals surface area contributed by atoms with Crippen LogP contribution in [0.15, 0.2) is 53.0 Å². The number of rotatable bonds is 3. The monoisotopic (exact) mass is 313 g/mol. The van der Waals surface area contributed by atoms with E-state index in [2.05, 4.69) is 4.99 Å². The lowest BCUT2D eigenvalue weighted by molar-refractivity contribution is -0.114. The SMILES string of the molecule is CC(=Cc1ccccc1-c1ccc(O)c(F)c1)C(=O)N=C(N)N. The molecule has 0 radical (unpaired) electrons. The van der Waals surface area contributed by atoms with Crippen molar-refractivity contribution in [3.8, 4) is 16.9 Å². The van der Waals surface area contributed by atoms with Crippen molar-refractivity contribution in [2.24, 2.45) is 16.5 Å². The lowest BCUT2D eigenvalue weighted by atomic mass is 9.98. The van der Waals surface area contributed by atoms with Crippen molar-refractivity contribution in [1.29, 1.82) is 0 Å². The zero-order chi connectivity index (χ0) is 17.0. The van der Waals surface area contributed by atoms with Gasteiger partial charge in [-0.15, -0.1) is 0 Å². The molecule has 6 heteroatoms. The topological polar surface area (TPSA) is 102 Å². The van der Waals surface area contributed by atoms with Crippen LogP contribution in [0.5, 0.6) is 5.75 Å². The van der Waals surface area contributed by atoms with E-state index in [-0.39, 0.29) is 5.96 Å². The van der Waals surface area contributed by atoms with Crippen molar-refractivity contribution in [3.63, 3.8) is 0 Å². The third-order valence-electron chi connectivity index (χ3n) is 3.16. The molecule has 0 aromatic heterocycles. The number of nitrogens with two attached hydrogens (primary N) is 2. The van der Waals surface area contributed by atoms with E-state index < -0.39 is 17.5 Å². The van der Waals surface area contributed by atoms with E-state index in [1.54, 1.807) is 43.3 Å². The Morgan fingerprint density at radius 3 is 2.57 bits per heavy atom. The summed E-state index contributed by atoms with van der Waals surface area (Å²) in [6, 6.07) is 11.3. The lowest BCUT2D eigenvalue weighted by Crippen LogP contribution is -2.24. The molecule has 0 bridgehead atoms. The number of amides is 1. The van der Waals surface area contributed by atoms with Crippen LogP contribution in [0.3, 0.4) is 0 Å². The molecule has 5 N–H and O–H groups in total. The summed E-state index contributed by atoms with van der Waals surface area (Å²) in [5, 5.41) is 9.29. The highest BCUT2D eigenvalue weighted by Gasteiger charge is 2.09. The van der Waals surface area contributed by atoms with E-state index in [0.717, 1.165) is 0 Å². The maximum atomic E-state index is 13.6. The summed E-state index contributed by atoms with van der Waals surface area (Å²) >= 11 is 0. The van der Waals surface area contributed by atoms with Gasteiger partial charge in [-0.1, -0.05) is 30.3 Å². The first-order chi connectivity index (χ1) is 10.9. The van der Waals surface area contributed by atoms with Crippen molar-refractivity contribution in [1.82, 2.24) is 0 Å². The van der Waals surface area contributed by atoms with Gasteiger partial charge >= 0.3 is 0 Å². The molecule has 2 aromatic rings. The maximum Gasteiger partial charge on any atom is 0.275 e. The second kappa shape index (κ2) is 6.74. The summed E-state index contributed by atoms with van der Waals surface area (Å²) in [6.07, 6.45) is 1.62. The van der Waals surface area contributed by atoms with E-state index in [0.29, 0.717) is 22.3 Å². The summed E-state index contributed by atoms with van der Waals surface area (Å²) in [5.74, 6) is -1.98. The van der Waals surface area contributed by atoms with E-state index in [1.165, 1.54) is 12.1 Å². The molecule has 2 rings (SSSR count). The summed E-state index contributed by atoms with van der Waals surface area (Å²) in [6.45, 7) is 1.59. The fraction of sp³-hybridized carbons (Fsp3) is 0.0588. The molecule has 1 amide bonds. The van der Waals surface area contributed by atoms with Crippen LogP contribution in [0, 0.1) is 5.82 Å². The van der Waals surface area contributed by atoms with Crippen molar-refractivity contribution in [2.45, 2.75) is 6.92 Å². The molecule has 2 aromatic carbocycles. The van der Waals surface area contributed by atoms with Crippen molar-refractivity contribution in [3.05, 3.63) is 59.4 Å². The van der Waals surface area contributed by atoms with Crippen LogP contribution in [-0.2, 0) is 4.79 Å². The van der Waals surface area contributed by atoms with Gasteiger partial charge in [0.1, 0.15) is 0 Å². The molecule has 23 heavy (non-hydrogen) atoms. The molecular formula is C17H16FN3O2. The molecule has 0 aliphatic rings. The van der Waals surface area contributed by atoms with Crippen LogP contribution in [0.1, 0.15) is 12.5 Å². The Balaban J connectivity index is 2.47. The fourth-order valence-corrected chi connectivity index (χ4v) is 2.06. The van der Waals surface area contributed by atoms with Crippen LogP contribution in [0.2, 0.25) is 0 Å².